The molecule has 0 radical (unpaired) electrons. The maximum atomic E-state index is 12.1. The Morgan fingerprint density at radius 3 is 2.91 bits per heavy atom. The highest BCUT2D eigenvalue weighted by atomic mass is 16.5. The second-order valence-electron chi connectivity index (χ2n) is 5.00. The Morgan fingerprint density at radius 1 is 1.41 bits per heavy atom. The summed E-state index contributed by atoms with van der Waals surface area (Å²) in [4.78, 5) is 12.1. The SMILES string of the molecule is CC=CCOc1cccc(CNC(=O)c2cc(C)nn2C)c1. The summed E-state index contributed by atoms with van der Waals surface area (Å²) in [7, 11) is 1.76. The first-order valence-electron chi connectivity index (χ1n) is 7.22. The van der Waals surface area contributed by atoms with Crippen molar-refractivity contribution in [1.29, 1.82) is 0 Å². The topological polar surface area (TPSA) is 56.1 Å². The van der Waals surface area contributed by atoms with Gasteiger partial charge < -0.3 is 10.1 Å². The van der Waals surface area contributed by atoms with Gasteiger partial charge in [-0.2, -0.15) is 5.10 Å². The van der Waals surface area contributed by atoms with Gasteiger partial charge in [-0.15, -0.1) is 0 Å². The van der Waals surface area contributed by atoms with Crippen LogP contribution in [0.25, 0.3) is 0 Å². The average molecular weight is 299 g/mol. The fourth-order valence-electron chi connectivity index (χ4n) is 2.08. The van der Waals surface area contributed by atoms with Crippen molar-refractivity contribution < 1.29 is 9.53 Å². The van der Waals surface area contributed by atoms with Crippen LogP contribution in [-0.2, 0) is 13.6 Å². The van der Waals surface area contributed by atoms with Crippen molar-refractivity contribution in [3.05, 3.63) is 59.4 Å². The number of aryl methyl sites for hydroxylation is 2. The second kappa shape index (κ2) is 7.45. The van der Waals surface area contributed by atoms with E-state index in [-0.39, 0.29) is 5.91 Å². The summed E-state index contributed by atoms with van der Waals surface area (Å²) < 4.78 is 7.17. The number of ether oxygens (including phenoxy) is 1. The molecular weight excluding hydrogens is 278 g/mol. The van der Waals surface area contributed by atoms with Gasteiger partial charge in [0.15, 0.2) is 0 Å². The number of carbonyl (C=O) groups excluding carboxylic acids is 1. The highest BCUT2D eigenvalue weighted by Crippen LogP contribution is 2.13. The summed E-state index contributed by atoms with van der Waals surface area (Å²) >= 11 is 0. The monoisotopic (exact) mass is 299 g/mol. The fraction of sp³-hybridized carbons (Fsp3) is 0.294. The number of allylic oxidation sites excluding steroid dienone is 1. The van der Waals surface area contributed by atoms with Gasteiger partial charge >= 0.3 is 0 Å². The first-order chi connectivity index (χ1) is 10.6. The van der Waals surface area contributed by atoms with Crippen molar-refractivity contribution in [3.8, 4) is 5.75 Å². The average Bonchev–Trinajstić information content (AvgIpc) is 2.84. The minimum absolute atomic E-state index is 0.136. The molecule has 0 spiro atoms. The molecule has 2 rings (SSSR count). The van der Waals surface area contributed by atoms with Crippen molar-refractivity contribution >= 4 is 5.91 Å². The smallest absolute Gasteiger partial charge is 0.269 e. The van der Waals surface area contributed by atoms with E-state index < -0.39 is 0 Å². The van der Waals surface area contributed by atoms with Crippen molar-refractivity contribution in [1.82, 2.24) is 15.1 Å². The first-order valence-corrected chi connectivity index (χ1v) is 7.22. The van der Waals surface area contributed by atoms with Crippen LogP contribution >= 0.6 is 0 Å². The molecule has 0 saturated heterocycles. The minimum atomic E-state index is -0.136. The van der Waals surface area contributed by atoms with Crippen molar-refractivity contribution in [2.24, 2.45) is 7.05 Å². The molecule has 0 saturated carbocycles. The summed E-state index contributed by atoms with van der Waals surface area (Å²) in [5, 5.41) is 7.07. The maximum Gasteiger partial charge on any atom is 0.269 e. The number of benzene rings is 1. The largest absolute Gasteiger partial charge is 0.490 e. The van der Waals surface area contributed by atoms with E-state index in [0.29, 0.717) is 18.8 Å². The molecule has 1 aromatic carbocycles. The fourth-order valence-corrected chi connectivity index (χ4v) is 2.08. The number of aromatic nitrogens is 2. The highest BCUT2D eigenvalue weighted by Gasteiger charge is 2.11. The number of nitrogens with zero attached hydrogens (tertiary/aromatic N) is 2. The number of hydrogen-bond donors (Lipinski definition) is 1. The van der Waals surface area contributed by atoms with E-state index in [1.54, 1.807) is 17.8 Å². The van der Waals surface area contributed by atoms with Gasteiger partial charge in [-0.3, -0.25) is 9.48 Å². The number of amides is 1. The van der Waals surface area contributed by atoms with Crippen LogP contribution in [0.15, 0.2) is 42.5 Å². The van der Waals surface area contributed by atoms with Crippen LogP contribution in [0.2, 0.25) is 0 Å². The van der Waals surface area contributed by atoms with E-state index >= 15 is 0 Å². The lowest BCUT2D eigenvalue weighted by Crippen LogP contribution is -2.25. The molecule has 5 heteroatoms. The molecule has 0 fully saturated rings. The van der Waals surface area contributed by atoms with Gasteiger partial charge in [0.05, 0.1) is 5.69 Å². The standard InChI is InChI=1S/C17H21N3O2/c1-4-5-9-22-15-8-6-7-14(11-15)12-18-17(21)16-10-13(2)19-20(16)3/h4-8,10-11H,9,12H2,1-3H3,(H,18,21). The van der Waals surface area contributed by atoms with Gasteiger partial charge in [0.25, 0.3) is 5.91 Å². The highest BCUT2D eigenvalue weighted by molar-refractivity contribution is 5.92. The molecule has 0 bridgehead atoms. The zero-order valence-electron chi connectivity index (χ0n) is 13.2. The Bertz CT molecular complexity index is 674. The van der Waals surface area contributed by atoms with E-state index in [4.69, 9.17) is 4.74 Å². The van der Waals surface area contributed by atoms with Crippen molar-refractivity contribution in [2.75, 3.05) is 6.61 Å². The van der Waals surface area contributed by atoms with E-state index in [1.807, 2.05) is 50.3 Å². The summed E-state index contributed by atoms with van der Waals surface area (Å²) in [5.74, 6) is 0.657. The molecule has 5 nitrogen and oxygen atoms in total. The molecule has 0 aliphatic carbocycles. The molecule has 1 amide bonds. The second-order valence-corrected chi connectivity index (χ2v) is 5.00. The van der Waals surface area contributed by atoms with Crippen LogP contribution in [0, 0.1) is 6.92 Å². The lowest BCUT2D eigenvalue weighted by Gasteiger charge is -2.08. The third-order valence-electron chi connectivity index (χ3n) is 3.17. The summed E-state index contributed by atoms with van der Waals surface area (Å²) in [6, 6.07) is 9.47. The predicted molar refractivity (Wildman–Crippen MR) is 85.9 cm³/mol. The van der Waals surface area contributed by atoms with Crippen molar-refractivity contribution in [3.63, 3.8) is 0 Å². The molecule has 0 aliphatic rings. The molecule has 22 heavy (non-hydrogen) atoms. The molecular formula is C17H21N3O2. The molecule has 0 atom stereocenters. The zero-order chi connectivity index (χ0) is 15.9. The van der Waals surface area contributed by atoms with Gasteiger partial charge in [-0.25, -0.2) is 0 Å². The van der Waals surface area contributed by atoms with Gasteiger partial charge in [0.2, 0.25) is 0 Å². The Morgan fingerprint density at radius 2 is 2.23 bits per heavy atom. The van der Waals surface area contributed by atoms with E-state index in [0.717, 1.165) is 17.0 Å². The van der Waals surface area contributed by atoms with Gasteiger partial charge in [-0.05, 0) is 37.6 Å². The molecule has 0 unspecified atom stereocenters. The number of hydrogen-bond acceptors (Lipinski definition) is 3. The van der Waals surface area contributed by atoms with Crippen molar-refractivity contribution in [2.45, 2.75) is 20.4 Å². The molecule has 1 heterocycles. The first kappa shape index (κ1) is 15.8. The minimum Gasteiger partial charge on any atom is -0.490 e. The van der Waals surface area contributed by atoms with Crippen LogP contribution in [0.4, 0.5) is 0 Å². The lowest BCUT2D eigenvalue weighted by atomic mass is 10.2. The Kier molecular flexibility index (Phi) is 5.36. The molecule has 2 aromatic rings. The molecule has 116 valence electrons. The Labute approximate surface area is 130 Å². The van der Waals surface area contributed by atoms with Crippen LogP contribution in [-0.4, -0.2) is 22.3 Å². The number of nitrogens with one attached hydrogen (secondary N) is 1. The Balaban J connectivity index is 1.95. The quantitative estimate of drug-likeness (QED) is 0.834. The summed E-state index contributed by atoms with van der Waals surface area (Å²) in [6.07, 6.45) is 3.89. The van der Waals surface area contributed by atoms with Gasteiger partial charge in [0.1, 0.15) is 18.1 Å². The third-order valence-corrected chi connectivity index (χ3v) is 3.17. The molecule has 1 N–H and O–H groups in total. The molecule has 0 aliphatic heterocycles. The third kappa shape index (κ3) is 4.22. The Hall–Kier alpha value is -2.56. The predicted octanol–water partition coefficient (Wildman–Crippen LogP) is 2.61. The number of rotatable bonds is 6. The van der Waals surface area contributed by atoms with Crippen LogP contribution < -0.4 is 10.1 Å². The molecule has 1 aromatic heterocycles. The summed E-state index contributed by atoms with van der Waals surface area (Å²) in [6.45, 7) is 4.81. The van der Waals surface area contributed by atoms with Gasteiger partial charge in [0, 0.05) is 13.6 Å². The zero-order valence-corrected chi connectivity index (χ0v) is 13.2. The van der Waals surface area contributed by atoms with E-state index in [2.05, 4.69) is 10.4 Å². The maximum absolute atomic E-state index is 12.1. The lowest BCUT2D eigenvalue weighted by molar-refractivity contribution is 0.0941. The number of carbonyl (C=O) groups is 1. The van der Waals surface area contributed by atoms with Crippen LogP contribution in [0.1, 0.15) is 28.7 Å². The van der Waals surface area contributed by atoms with Gasteiger partial charge in [-0.1, -0.05) is 24.3 Å². The van der Waals surface area contributed by atoms with Crippen LogP contribution in [0.5, 0.6) is 5.75 Å². The summed E-state index contributed by atoms with van der Waals surface area (Å²) in [5.41, 5.74) is 2.37. The van der Waals surface area contributed by atoms with E-state index in [9.17, 15) is 4.79 Å². The van der Waals surface area contributed by atoms with E-state index in [1.165, 1.54) is 0 Å². The van der Waals surface area contributed by atoms with Crippen LogP contribution in [0.3, 0.4) is 0 Å². The normalized spacial score (nSPS) is 10.9.